The highest BCUT2D eigenvalue weighted by Gasteiger charge is 2.29. The van der Waals surface area contributed by atoms with Crippen LogP contribution in [0.1, 0.15) is 37.7 Å². The lowest BCUT2D eigenvalue weighted by Gasteiger charge is -2.21. The molecule has 2 aliphatic rings. The summed E-state index contributed by atoms with van der Waals surface area (Å²) in [6, 6.07) is 10.3. The number of benzene rings is 1. The Kier molecular flexibility index (Phi) is 6.31. The number of nitrogens with zero attached hydrogens (tertiary/aromatic N) is 3. The summed E-state index contributed by atoms with van der Waals surface area (Å²) in [5.74, 6) is 1.22. The summed E-state index contributed by atoms with van der Waals surface area (Å²) >= 11 is 0. The molecule has 2 heterocycles. The molecule has 0 spiro atoms. The number of carbonyl (C=O) groups excluding carboxylic acids is 1. The van der Waals surface area contributed by atoms with Crippen molar-refractivity contribution in [3.63, 3.8) is 0 Å². The number of aliphatic imine (C=N–C) groups is 1. The molecule has 3 rings (SSSR count). The topological polar surface area (TPSA) is 61.9 Å². The lowest BCUT2D eigenvalue weighted by Crippen LogP contribution is -2.38. The highest BCUT2D eigenvalue weighted by Crippen LogP contribution is 2.19. The average Bonchev–Trinajstić information content (AvgIpc) is 2.83. The van der Waals surface area contributed by atoms with E-state index in [2.05, 4.69) is 22.0 Å². The van der Waals surface area contributed by atoms with Crippen LogP contribution < -0.4 is 5.73 Å². The summed E-state index contributed by atoms with van der Waals surface area (Å²) in [4.78, 5) is 21.0. The van der Waals surface area contributed by atoms with Gasteiger partial charge in [-0.2, -0.15) is 0 Å². The van der Waals surface area contributed by atoms with Crippen LogP contribution >= 0.6 is 0 Å². The first-order valence-electron chi connectivity index (χ1n) is 9.59. The zero-order chi connectivity index (χ0) is 17.5. The van der Waals surface area contributed by atoms with Crippen molar-refractivity contribution < 1.29 is 4.79 Å². The fraction of sp³-hybridized carbons (Fsp3) is 0.600. The second-order valence-corrected chi connectivity index (χ2v) is 7.25. The summed E-state index contributed by atoms with van der Waals surface area (Å²) in [6.07, 6.45) is 6.50. The predicted octanol–water partition coefficient (Wildman–Crippen LogP) is 2.27. The van der Waals surface area contributed by atoms with Gasteiger partial charge in [0.2, 0.25) is 5.91 Å². The Labute approximate surface area is 150 Å². The van der Waals surface area contributed by atoms with Crippen LogP contribution in [0.3, 0.4) is 0 Å². The molecule has 1 unspecified atom stereocenters. The number of hydrogen-bond acceptors (Lipinski definition) is 2. The van der Waals surface area contributed by atoms with Gasteiger partial charge in [-0.05, 0) is 24.8 Å². The van der Waals surface area contributed by atoms with Gasteiger partial charge in [-0.15, -0.1) is 0 Å². The smallest absolute Gasteiger partial charge is 0.223 e. The minimum atomic E-state index is 0.254. The zero-order valence-corrected chi connectivity index (χ0v) is 15.1. The number of guanidine groups is 1. The van der Waals surface area contributed by atoms with Gasteiger partial charge in [0, 0.05) is 45.1 Å². The second-order valence-electron chi connectivity index (χ2n) is 7.25. The van der Waals surface area contributed by atoms with E-state index in [-0.39, 0.29) is 5.91 Å². The first kappa shape index (κ1) is 17.8. The molecule has 0 aliphatic carbocycles. The molecule has 1 aromatic rings. The van der Waals surface area contributed by atoms with Gasteiger partial charge in [0.25, 0.3) is 0 Å². The van der Waals surface area contributed by atoms with Crippen LogP contribution in [0.15, 0.2) is 35.3 Å². The first-order chi connectivity index (χ1) is 12.2. The fourth-order valence-corrected chi connectivity index (χ4v) is 3.72. The van der Waals surface area contributed by atoms with Gasteiger partial charge < -0.3 is 15.5 Å². The molecule has 136 valence electrons. The normalized spacial score (nSPS) is 22.3. The Morgan fingerprint density at radius 2 is 1.84 bits per heavy atom. The summed E-state index contributed by atoms with van der Waals surface area (Å²) in [7, 11) is 0. The molecule has 5 heteroatoms. The molecular formula is C20H30N4O. The van der Waals surface area contributed by atoms with Crippen LogP contribution in [-0.4, -0.2) is 54.4 Å². The Morgan fingerprint density at radius 1 is 1.12 bits per heavy atom. The Balaban J connectivity index is 1.46. The van der Waals surface area contributed by atoms with E-state index in [1.165, 1.54) is 31.2 Å². The van der Waals surface area contributed by atoms with Crippen molar-refractivity contribution in [2.75, 3.05) is 32.7 Å². The molecule has 25 heavy (non-hydrogen) atoms. The van der Waals surface area contributed by atoms with Crippen LogP contribution in [0, 0.1) is 5.92 Å². The number of hydrogen-bond donors (Lipinski definition) is 1. The molecule has 2 saturated heterocycles. The third-order valence-corrected chi connectivity index (χ3v) is 5.25. The van der Waals surface area contributed by atoms with Gasteiger partial charge in [-0.25, -0.2) is 0 Å². The zero-order valence-electron chi connectivity index (χ0n) is 15.1. The summed E-state index contributed by atoms with van der Waals surface area (Å²) < 4.78 is 0. The summed E-state index contributed by atoms with van der Waals surface area (Å²) in [5, 5.41) is 0. The van der Waals surface area contributed by atoms with Gasteiger partial charge in [0.15, 0.2) is 5.96 Å². The van der Waals surface area contributed by atoms with E-state index in [9.17, 15) is 4.79 Å². The SMILES string of the molecule is NC(=NCC1CC(=O)N(CCc2ccccc2)C1)N1CCCCCC1. The lowest BCUT2D eigenvalue weighted by atomic mass is 10.1. The molecule has 2 aliphatic heterocycles. The van der Waals surface area contributed by atoms with Crippen molar-refractivity contribution in [3.05, 3.63) is 35.9 Å². The maximum atomic E-state index is 12.2. The summed E-state index contributed by atoms with van der Waals surface area (Å²) in [5.41, 5.74) is 7.46. The highest BCUT2D eigenvalue weighted by atomic mass is 16.2. The molecule has 1 atom stereocenters. The third-order valence-electron chi connectivity index (χ3n) is 5.25. The van der Waals surface area contributed by atoms with E-state index in [0.717, 1.165) is 32.6 Å². The molecule has 2 fully saturated rings. The Bertz CT molecular complexity index is 579. The fourth-order valence-electron chi connectivity index (χ4n) is 3.72. The van der Waals surface area contributed by atoms with Crippen molar-refractivity contribution >= 4 is 11.9 Å². The molecule has 1 amide bonds. The van der Waals surface area contributed by atoms with E-state index in [4.69, 9.17) is 5.73 Å². The van der Waals surface area contributed by atoms with Crippen LogP contribution in [0.4, 0.5) is 0 Å². The maximum Gasteiger partial charge on any atom is 0.223 e. The molecule has 5 nitrogen and oxygen atoms in total. The van der Waals surface area contributed by atoms with Crippen molar-refractivity contribution in [2.24, 2.45) is 16.6 Å². The number of likely N-dealkylation sites (tertiary alicyclic amines) is 2. The Hall–Kier alpha value is -2.04. The van der Waals surface area contributed by atoms with E-state index in [1.807, 2.05) is 23.1 Å². The monoisotopic (exact) mass is 342 g/mol. The van der Waals surface area contributed by atoms with Crippen LogP contribution in [0.2, 0.25) is 0 Å². The molecule has 1 aromatic carbocycles. The van der Waals surface area contributed by atoms with Gasteiger partial charge in [-0.3, -0.25) is 9.79 Å². The number of rotatable bonds is 5. The average molecular weight is 342 g/mol. The van der Waals surface area contributed by atoms with E-state index in [1.54, 1.807) is 0 Å². The third kappa shape index (κ3) is 5.21. The number of amides is 1. The van der Waals surface area contributed by atoms with Crippen LogP contribution in [0.5, 0.6) is 0 Å². The lowest BCUT2D eigenvalue weighted by molar-refractivity contribution is -0.127. The Morgan fingerprint density at radius 3 is 2.56 bits per heavy atom. The second kappa shape index (κ2) is 8.88. The molecule has 0 bridgehead atoms. The van der Waals surface area contributed by atoms with Crippen LogP contribution in [-0.2, 0) is 11.2 Å². The van der Waals surface area contributed by atoms with E-state index in [0.29, 0.717) is 24.8 Å². The van der Waals surface area contributed by atoms with Gasteiger partial charge >= 0.3 is 0 Å². The van der Waals surface area contributed by atoms with E-state index >= 15 is 0 Å². The standard InChI is InChI=1S/C20H30N4O/c21-20(23-11-6-1-2-7-12-23)22-15-18-14-19(25)24(16-18)13-10-17-8-4-3-5-9-17/h3-5,8-9,18H,1-2,6-7,10-16H2,(H2,21,22). The quantitative estimate of drug-likeness (QED) is 0.659. The number of nitrogens with two attached hydrogens (primary N) is 1. The van der Waals surface area contributed by atoms with Crippen molar-refractivity contribution in [1.29, 1.82) is 0 Å². The van der Waals surface area contributed by atoms with Crippen LogP contribution in [0.25, 0.3) is 0 Å². The molecule has 0 aromatic heterocycles. The number of carbonyl (C=O) groups is 1. The first-order valence-corrected chi connectivity index (χ1v) is 9.59. The van der Waals surface area contributed by atoms with E-state index < -0.39 is 0 Å². The van der Waals surface area contributed by atoms with Crippen molar-refractivity contribution in [3.8, 4) is 0 Å². The summed E-state index contributed by atoms with van der Waals surface area (Å²) in [6.45, 7) is 4.30. The van der Waals surface area contributed by atoms with Gasteiger partial charge in [0.05, 0.1) is 0 Å². The largest absolute Gasteiger partial charge is 0.370 e. The predicted molar refractivity (Wildman–Crippen MR) is 101 cm³/mol. The molecule has 2 N–H and O–H groups in total. The maximum absolute atomic E-state index is 12.2. The minimum Gasteiger partial charge on any atom is -0.370 e. The van der Waals surface area contributed by atoms with Gasteiger partial charge in [0.1, 0.15) is 0 Å². The molecular weight excluding hydrogens is 312 g/mol. The minimum absolute atomic E-state index is 0.254. The van der Waals surface area contributed by atoms with Crippen molar-refractivity contribution in [2.45, 2.75) is 38.5 Å². The molecule has 0 saturated carbocycles. The van der Waals surface area contributed by atoms with Gasteiger partial charge in [-0.1, -0.05) is 43.2 Å². The highest BCUT2D eigenvalue weighted by molar-refractivity contribution is 5.79. The molecule has 0 radical (unpaired) electrons. The van der Waals surface area contributed by atoms with Crippen molar-refractivity contribution in [1.82, 2.24) is 9.80 Å².